The van der Waals surface area contributed by atoms with Gasteiger partial charge in [-0.1, -0.05) is 11.6 Å². The summed E-state index contributed by atoms with van der Waals surface area (Å²) in [6, 6.07) is 8.40. The molecule has 1 aromatic carbocycles. The van der Waals surface area contributed by atoms with Crippen LogP contribution in [-0.4, -0.2) is 28.4 Å². The number of carbonyl (C=O) groups is 1. The fourth-order valence-electron chi connectivity index (χ4n) is 1.41. The lowest BCUT2D eigenvalue weighted by atomic mass is 10.3. The van der Waals surface area contributed by atoms with E-state index in [9.17, 15) is 4.79 Å². The molecule has 0 spiro atoms. The number of benzene rings is 1. The van der Waals surface area contributed by atoms with Crippen LogP contribution in [0.15, 0.2) is 30.3 Å². The number of halogens is 1. The van der Waals surface area contributed by atoms with Gasteiger partial charge in [-0.2, -0.15) is 0 Å². The average Bonchev–Trinajstić information content (AvgIpc) is 2.41. The lowest BCUT2D eigenvalue weighted by Crippen LogP contribution is -2.03. The third kappa shape index (κ3) is 3.11. The lowest BCUT2D eigenvalue weighted by molar-refractivity contribution is 0.0696. The molecule has 0 atom stereocenters. The Bertz CT molecular complexity index is 602. The number of nitrogens with one attached hydrogen (secondary N) is 1. The number of carboxylic acid groups (broad SMARTS) is 1. The summed E-state index contributed by atoms with van der Waals surface area (Å²) in [6.45, 7) is 0. The molecular weight excluding hydrogens is 270 g/mol. The van der Waals surface area contributed by atoms with E-state index in [2.05, 4.69) is 15.5 Å². The molecule has 2 N–H and O–H groups in total. The molecule has 98 valence electrons. The Morgan fingerprint density at radius 1 is 1.32 bits per heavy atom. The molecule has 1 heterocycles. The molecule has 2 rings (SSSR count). The minimum absolute atomic E-state index is 0.104. The van der Waals surface area contributed by atoms with E-state index in [-0.39, 0.29) is 10.7 Å². The average molecular weight is 280 g/mol. The van der Waals surface area contributed by atoms with Crippen LogP contribution < -0.4 is 10.1 Å². The number of anilines is 2. The van der Waals surface area contributed by atoms with Crippen LogP contribution in [0.5, 0.6) is 5.75 Å². The van der Waals surface area contributed by atoms with Gasteiger partial charge in [0.15, 0.2) is 11.0 Å². The minimum atomic E-state index is -1.15. The molecule has 0 saturated heterocycles. The Labute approximate surface area is 114 Å². The van der Waals surface area contributed by atoms with Gasteiger partial charge in [-0.15, -0.1) is 10.2 Å². The molecule has 0 aliphatic heterocycles. The van der Waals surface area contributed by atoms with Crippen LogP contribution in [0.3, 0.4) is 0 Å². The summed E-state index contributed by atoms with van der Waals surface area (Å²) in [5.41, 5.74) is 0.626. The number of hydrogen-bond donors (Lipinski definition) is 2. The van der Waals surface area contributed by atoms with Gasteiger partial charge in [0.25, 0.3) is 0 Å². The van der Waals surface area contributed by atoms with E-state index in [4.69, 9.17) is 21.4 Å². The van der Waals surface area contributed by atoms with E-state index in [1.165, 1.54) is 6.07 Å². The summed E-state index contributed by atoms with van der Waals surface area (Å²) in [4.78, 5) is 10.9. The maximum Gasteiger partial charge on any atom is 0.339 e. The first kappa shape index (κ1) is 13.1. The molecular formula is C12H10ClN3O3. The molecule has 0 fully saturated rings. The molecule has 0 amide bonds. The quantitative estimate of drug-likeness (QED) is 0.895. The molecule has 7 heteroatoms. The molecule has 0 unspecified atom stereocenters. The summed E-state index contributed by atoms with van der Waals surface area (Å²) in [5, 5.41) is 19.1. The van der Waals surface area contributed by atoms with E-state index < -0.39 is 5.97 Å². The van der Waals surface area contributed by atoms with Crippen molar-refractivity contribution in [3.63, 3.8) is 0 Å². The zero-order chi connectivity index (χ0) is 13.8. The second-order valence-corrected chi connectivity index (χ2v) is 3.95. The highest BCUT2D eigenvalue weighted by Crippen LogP contribution is 2.20. The number of rotatable bonds is 4. The number of nitrogens with zero attached hydrogens (tertiary/aromatic N) is 2. The zero-order valence-electron chi connectivity index (χ0n) is 9.92. The second kappa shape index (κ2) is 5.53. The fourth-order valence-corrected chi connectivity index (χ4v) is 1.58. The van der Waals surface area contributed by atoms with Crippen molar-refractivity contribution in [2.75, 3.05) is 12.4 Å². The van der Waals surface area contributed by atoms with Gasteiger partial charge >= 0.3 is 5.97 Å². The Hall–Kier alpha value is -2.34. The molecule has 0 bridgehead atoms. The highest BCUT2D eigenvalue weighted by Gasteiger charge is 2.12. The second-order valence-electron chi connectivity index (χ2n) is 3.59. The monoisotopic (exact) mass is 279 g/mol. The Morgan fingerprint density at radius 2 is 2.00 bits per heavy atom. The van der Waals surface area contributed by atoms with Crippen LogP contribution in [0, 0.1) is 0 Å². The molecule has 6 nitrogen and oxygen atoms in total. The summed E-state index contributed by atoms with van der Waals surface area (Å²) in [7, 11) is 1.58. The van der Waals surface area contributed by atoms with Gasteiger partial charge in [0.2, 0.25) is 0 Å². The van der Waals surface area contributed by atoms with Gasteiger partial charge < -0.3 is 15.2 Å². The number of hydrogen-bond acceptors (Lipinski definition) is 5. The molecule has 0 aliphatic rings. The van der Waals surface area contributed by atoms with Crippen molar-refractivity contribution in [3.8, 4) is 5.75 Å². The maximum atomic E-state index is 10.9. The van der Waals surface area contributed by atoms with Crippen LogP contribution in [0.25, 0.3) is 0 Å². The number of aromatic nitrogens is 2. The first-order valence-corrected chi connectivity index (χ1v) is 5.65. The minimum Gasteiger partial charge on any atom is -0.497 e. The molecule has 0 aliphatic carbocycles. The molecule has 19 heavy (non-hydrogen) atoms. The van der Waals surface area contributed by atoms with Crippen LogP contribution in [0.4, 0.5) is 11.5 Å². The predicted molar refractivity (Wildman–Crippen MR) is 70.3 cm³/mol. The van der Waals surface area contributed by atoms with E-state index in [1.54, 1.807) is 31.4 Å². The van der Waals surface area contributed by atoms with Crippen molar-refractivity contribution in [2.24, 2.45) is 0 Å². The van der Waals surface area contributed by atoms with Gasteiger partial charge in [0, 0.05) is 11.8 Å². The predicted octanol–water partition coefficient (Wildman–Crippen LogP) is 2.58. The van der Waals surface area contributed by atoms with E-state index in [1.807, 2.05) is 0 Å². The smallest absolute Gasteiger partial charge is 0.339 e. The van der Waals surface area contributed by atoms with Crippen LogP contribution in [0.1, 0.15) is 10.4 Å². The Morgan fingerprint density at radius 3 is 2.58 bits per heavy atom. The topological polar surface area (TPSA) is 84.3 Å². The number of aromatic carboxylic acids is 1. The first-order valence-electron chi connectivity index (χ1n) is 5.28. The van der Waals surface area contributed by atoms with Crippen molar-refractivity contribution in [2.45, 2.75) is 0 Å². The molecule has 0 saturated carbocycles. The Balaban J connectivity index is 2.22. The fraction of sp³-hybridized carbons (Fsp3) is 0.0833. The van der Waals surface area contributed by atoms with Crippen LogP contribution >= 0.6 is 11.6 Å². The van der Waals surface area contributed by atoms with E-state index >= 15 is 0 Å². The van der Waals surface area contributed by atoms with Crippen LogP contribution in [-0.2, 0) is 0 Å². The van der Waals surface area contributed by atoms with Gasteiger partial charge in [-0.25, -0.2) is 4.79 Å². The van der Waals surface area contributed by atoms with Gasteiger partial charge in [0.1, 0.15) is 11.3 Å². The Kier molecular flexibility index (Phi) is 3.82. The summed E-state index contributed by atoms with van der Waals surface area (Å²) < 4.78 is 5.03. The van der Waals surface area contributed by atoms with Gasteiger partial charge in [-0.3, -0.25) is 0 Å². The van der Waals surface area contributed by atoms with Crippen molar-refractivity contribution in [1.29, 1.82) is 0 Å². The van der Waals surface area contributed by atoms with Crippen molar-refractivity contribution in [1.82, 2.24) is 10.2 Å². The van der Waals surface area contributed by atoms with Crippen molar-refractivity contribution >= 4 is 29.1 Å². The van der Waals surface area contributed by atoms with Crippen molar-refractivity contribution < 1.29 is 14.6 Å². The third-order valence-electron chi connectivity index (χ3n) is 2.34. The number of ether oxygens (including phenoxy) is 1. The lowest BCUT2D eigenvalue weighted by Gasteiger charge is -2.07. The normalized spacial score (nSPS) is 10.0. The molecule has 0 radical (unpaired) electrons. The number of methoxy groups -OCH3 is 1. The molecule has 2 aromatic rings. The van der Waals surface area contributed by atoms with Gasteiger partial charge in [0.05, 0.1) is 7.11 Å². The molecule has 1 aromatic heterocycles. The summed E-state index contributed by atoms with van der Waals surface area (Å²) >= 11 is 5.64. The van der Waals surface area contributed by atoms with Crippen molar-refractivity contribution in [3.05, 3.63) is 41.0 Å². The first-order chi connectivity index (χ1) is 9.10. The SMILES string of the molecule is COc1ccc(Nc2cc(C(=O)O)c(Cl)nn2)cc1. The van der Waals surface area contributed by atoms with E-state index in [0.29, 0.717) is 5.82 Å². The van der Waals surface area contributed by atoms with Gasteiger partial charge in [-0.05, 0) is 24.3 Å². The highest BCUT2D eigenvalue weighted by atomic mass is 35.5. The standard InChI is InChI=1S/C12H10ClN3O3/c1-19-8-4-2-7(3-5-8)14-10-6-9(12(17)18)11(13)16-15-10/h2-6H,1H3,(H,14,15)(H,17,18). The third-order valence-corrected chi connectivity index (χ3v) is 2.62. The largest absolute Gasteiger partial charge is 0.497 e. The highest BCUT2D eigenvalue weighted by molar-refractivity contribution is 6.32. The van der Waals surface area contributed by atoms with E-state index in [0.717, 1.165) is 11.4 Å². The zero-order valence-corrected chi connectivity index (χ0v) is 10.7. The number of carboxylic acids is 1. The van der Waals surface area contributed by atoms with Crippen LogP contribution in [0.2, 0.25) is 5.15 Å². The summed E-state index contributed by atoms with van der Waals surface area (Å²) in [5.74, 6) is -0.136. The maximum absolute atomic E-state index is 10.9. The summed E-state index contributed by atoms with van der Waals surface area (Å²) in [6.07, 6.45) is 0.